The van der Waals surface area contributed by atoms with Gasteiger partial charge in [-0.25, -0.2) is 4.79 Å². The van der Waals surface area contributed by atoms with E-state index in [0.717, 1.165) is 19.3 Å². The number of hydrogen-bond acceptors (Lipinski definition) is 5. The van der Waals surface area contributed by atoms with Crippen molar-refractivity contribution in [1.82, 2.24) is 0 Å². The Bertz CT molecular complexity index is 634. The van der Waals surface area contributed by atoms with Gasteiger partial charge in [-0.15, -0.1) is 0 Å². The van der Waals surface area contributed by atoms with E-state index in [2.05, 4.69) is 6.92 Å². The fourth-order valence-corrected chi connectivity index (χ4v) is 3.73. The number of benzene rings is 1. The van der Waals surface area contributed by atoms with E-state index in [-0.39, 0.29) is 16.9 Å². The Labute approximate surface area is 188 Å². The summed E-state index contributed by atoms with van der Waals surface area (Å²) in [7, 11) is 0. The van der Waals surface area contributed by atoms with Crippen LogP contribution in [0.4, 0.5) is 11.4 Å². The number of nitro benzene ring substituents is 1. The average Bonchev–Trinajstić information content (AvgIpc) is 2.75. The van der Waals surface area contributed by atoms with Crippen molar-refractivity contribution in [3.8, 4) is 0 Å². The Morgan fingerprint density at radius 1 is 0.839 bits per heavy atom. The van der Waals surface area contributed by atoms with Gasteiger partial charge in [0.15, 0.2) is 0 Å². The first kappa shape index (κ1) is 26.9. The van der Waals surface area contributed by atoms with Crippen molar-refractivity contribution >= 4 is 17.3 Å². The zero-order valence-corrected chi connectivity index (χ0v) is 19.4. The molecule has 0 atom stereocenters. The average molecular weight is 435 g/mol. The minimum absolute atomic E-state index is 0.0411. The van der Waals surface area contributed by atoms with Gasteiger partial charge in [-0.3, -0.25) is 10.1 Å². The van der Waals surface area contributed by atoms with Gasteiger partial charge in [0.1, 0.15) is 5.69 Å². The van der Waals surface area contributed by atoms with Crippen molar-refractivity contribution in [1.29, 1.82) is 0 Å². The second-order valence-electron chi connectivity index (χ2n) is 8.47. The fourth-order valence-electron chi connectivity index (χ4n) is 3.73. The van der Waals surface area contributed by atoms with Crippen molar-refractivity contribution in [2.75, 3.05) is 12.3 Å². The number of anilines is 1. The third-order valence-electron chi connectivity index (χ3n) is 5.69. The summed E-state index contributed by atoms with van der Waals surface area (Å²) in [5, 5.41) is 10.9. The molecule has 176 valence electrons. The predicted octanol–water partition coefficient (Wildman–Crippen LogP) is 7.60. The minimum Gasteiger partial charge on any atom is -0.462 e. The van der Waals surface area contributed by atoms with Crippen molar-refractivity contribution in [3.63, 3.8) is 0 Å². The van der Waals surface area contributed by atoms with Crippen LogP contribution in [-0.2, 0) is 4.74 Å². The lowest BCUT2D eigenvalue weighted by Crippen LogP contribution is -2.07. The van der Waals surface area contributed by atoms with E-state index >= 15 is 0 Å². The molecule has 0 aliphatic rings. The second-order valence-corrected chi connectivity index (χ2v) is 8.47. The van der Waals surface area contributed by atoms with Gasteiger partial charge in [-0.2, -0.15) is 0 Å². The number of nitrogens with zero attached hydrogens (tertiary/aromatic N) is 1. The van der Waals surface area contributed by atoms with Gasteiger partial charge < -0.3 is 10.5 Å². The molecule has 2 N–H and O–H groups in total. The Balaban J connectivity index is 1.92. The first-order chi connectivity index (χ1) is 15.1. The van der Waals surface area contributed by atoms with Crippen LogP contribution in [0, 0.1) is 10.1 Å². The summed E-state index contributed by atoms with van der Waals surface area (Å²) in [4.78, 5) is 22.3. The molecule has 6 heteroatoms. The molecule has 0 aliphatic carbocycles. The molecule has 0 aliphatic heterocycles. The van der Waals surface area contributed by atoms with Gasteiger partial charge in [-0.05, 0) is 18.6 Å². The summed E-state index contributed by atoms with van der Waals surface area (Å²) in [6, 6.07) is 3.99. The molecule has 31 heavy (non-hydrogen) atoms. The third kappa shape index (κ3) is 13.0. The summed E-state index contributed by atoms with van der Waals surface area (Å²) in [5.74, 6) is -0.538. The van der Waals surface area contributed by atoms with Crippen LogP contribution in [-0.4, -0.2) is 17.5 Å². The maximum Gasteiger partial charge on any atom is 0.338 e. The fraction of sp³-hybridized carbons (Fsp3) is 0.720. The van der Waals surface area contributed by atoms with Crippen molar-refractivity contribution < 1.29 is 14.5 Å². The molecule has 1 rings (SSSR count). The third-order valence-corrected chi connectivity index (χ3v) is 5.69. The molecule has 0 saturated carbocycles. The number of unbranched alkanes of at least 4 members (excludes halogenated alkanes) is 15. The number of carbonyl (C=O) groups excluding carboxylic acids is 1. The lowest BCUT2D eigenvalue weighted by Gasteiger charge is -2.06. The monoisotopic (exact) mass is 434 g/mol. The van der Waals surface area contributed by atoms with Crippen molar-refractivity contribution in [2.45, 2.75) is 110 Å². The van der Waals surface area contributed by atoms with Crippen LogP contribution in [0.15, 0.2) is 18.2 Å². The lowest BCUT2D eigenvalue weighted by atomic mass is 10.0. The maximum absolute atomic E-state index is 12.0. The molecular formula is C25H42N2O4. The smallest absolute Gasteiger partial charge is 0.338 e. The highest BCUT2D eigenvalue weighted by Crippen LogP contribution is 2.22. The highest BCUT2D eigenvalue weighted by molar-refractivity contribution is 5.91. The van der Waals surface area contributed by atoms with E-state index in [0.29, 0.717) is 6.61 Å². The number of ether oxygens (including phenoxy) is 1. The molecule has 1 aromatic carbocycles. The van der Waals surface area contributed by atoms with Gasteiger partial charge in [0.05, 0.1) is 17.1 Å². The second kappa shape index (κ2) is 17.6. The first-order valence-corrected chi connectivity index (χ1v) is 12.3. The molecule has 0 heterocycles. The SMILES string of the molecule is CCCCCCCCCCCCCCCCCCOC(=O)c1ccc(N)c([N+](=O)[O-])c1. The molecule has 6 nitrogen and oxygen atoms in total. The van der Waals surface area contributed by atoms with Crippen LogP contribution in [0.25, 0.3) is 0 Å². The highest BCUT2D eigenvalue weighted by Gasteiger charge is 2.16. The highest BCUT2D eigenvalue weighted by atomic mass is 16.6. The van der Waals surface area contributed by atoms with Crippen LogP contribution >= 0.6 is 0 Å². The van der Waals surface area contributed by atoms with Crippen LogP contribution in [0.5, 0.6) is 0 Å². The first-order valence-electron chi connectivity index (χ1n) is 12.3. The molecule has 0 fully saturated rings. The van der Waals surface area contributed by atoms with Crippen molar-refractivity contribution in [2.24, 2.45) is 0 Å². The number of rotatable bonds is 19. The van der Waals surface area contributed by atoms with Crippen LogP contribution in [0.3, 0.4) is 0 Å². The van der Waals surface area contributed by atoms with E-state index < -0.39 is 10.9 Å². The molecule has 0 saturated heterocycles. The summed E-state index contributed by atoms with van der Waals surface area (Å²) in [6.07, 6.45) is 20.7. The lowest BCUT2D eigenvalue weighted by molar-refractivity contribution is -0.383. The molecule has 0 unspecified atom stereocenters. The Morgan fingerprint density at radius 2 is 1.29 bits per heavy atom. The quantitative estimate of drug-likeness (QED) is 0.0795. The van der Waals surface area contributed by atoms with E-state index in [1.807, 2.05) is 0 Å². The summed E-state index contributed by atoms with van der Waals surface area (Å²) in [6.45, 7) is 2.61. The molecule has 0 radical (unpaired) electrons. The van der Waals surface area contributed by atoms with E-state index in [1.54, 1.807) is 0 Å². The maximum atomic E-state index is 12.0. The van der Waals surface area contributed by atoms with Crippen LogP contribution < -0.4 is 5.73 Å². The van der Waals surface area contributed by atoms with E-state index in [4.69, 9.17) is 10.5 Å². The van der Waals surface area contributed by atoms with Crippen LogP contribution in [0.2, 0.25) is 0 Å². The summed E-state index contributed by atoms with van der Waals surface area (Å²) in [5.41, 5.74) is 5.48. The number of nitrogens with two attached hydrogens (primary N) is 1. The molecule has 0 aromatic heterocycles. The van der Waals surface area contributed by atoms with E-state index in [9.17, 15) is 14.9 Å². The molecule has 0 bridgehead atoms. The number of nitrogen functional groups attached to an aromatic ring is 1. The molecule has 0 amide bonds. The molecule has 1 aromatic rings. The standard InChI is InChI=1S/C25H42N2O4/c1-2-3-4-5-6-7-8-9-10-11-12-13-14-15-16-17-20-31-25(28)22-18-19-23(26)24(21-22)27(29)30/h18-19,21H,2-17,20,26H2,1H3. The Morgan fingerprint density at radius 3 is 1.74 bits per heavy atom. The topological polar surface area (TPSA) is 95.5 Å². The van der Waals surface area contributed by atoms with Gasteiger partial charge in [-0.1, -0.05) is 103 Å². The normalized spacial score (nSPS) is 10.9. The predicted molar refractivity (Wildman–Crippen MR) is 127 cm³/mol. The van der Waals surface area contributed by atoms with Crippen LogP contribution in [0.1, 0.15) is 120 Å². The van der Waals surface area contributed by atoms with Gasteiger partial charge in [0, 0.05) is 6.07 Å². The number of nitro groups is 1. The summed E-state index contributed by atoms with van der Waals surface area (Å²) >= 11 is 0. The minimum atomic E-state index is -0.596. The Hall–Kier alpha value is -2.11. The van der Waals surface area contributed by atoms with Gasteiger partial charge in [0.2, 0.25) is 0 Å². The number of hydrogen-bond donors (Lipinski definition) is 1. The Kier molecular flexibility index (Phi) is 15.3. The molecular weight excluding hydrogens is 392 g/mol. The zero-order chi connectivity index (χ0) is 22.7. The van der Waals surface area contributed by atoms with Gasteiger partial charge >= 0.3 is 5.97 Å². The van der Waals surface area contributed by atoms with Crippen molar-refractivity contribution in [3.05, 3.63) is 33.9 Å². The number of esters is 1. The number of carbonyl (C=O) groups is 1. The zero-order valence-electron chi connectivity index (χ0n) is 19.4. The largest absolute Gasteiger partial charge is 0.462 e. The summed E-state index contributed by atoms with van der Waals surface area (Å²) < 4.78 is 5.22. The van der Waals surface area contributed by atoms with Gasteiger partial charge in [0.25, 0.3) is 5.69 Å². The van der Waals surface area contributed by atoms with E-state index in [1.165, 1.54) is 102 Å². The molecule has 0 spiro atoms.